The van der Waals surface area contributed by atoms with Gasteiger partial charge in [-0.25, -0.2) is 15.0 Å². The Labute approximate surface area is 124 Å². The van der Waals surface area contributed by atoms with Crippen molar-refractivity contribution in [2.45, 2.75) is 13.3 Å². The number of H-pyrrole nitrogens is 1. The fraction of sp³-hybridized carbons (Fsp3) is 0.231. The highest BCUT2D eigenvalue weighted by molar-refractivity contribution is 7.16. The summed E-state index contributed by atoms with van der Waals surface area (Å²) < 4.78 is 0. The van der Waals surface area contributed by atoms with E-state index in [1.807, 2.05) is 13.0 Å². The van der Waals surface area contributed by atoms with Gasteiger partial charge in [0.1, 0.15) is 5.82 Å². The van der Waals surface area contributed by atoms with Crippen molar-refractivity contribution in [1.82, 2.24) is 25.1 Å². The highest BCUT2D eigenvalue weighted by Gasteiger charge is 2.20. The number of anilines is 3. The number of thiazole rings is 1. The minimum atomic E-state index is 0.574. The zero-order valence-corrected chi connectivity index (χ0v) is 12.2. The van der Waals surface area contributed by atoms with Gasteiger partial charge in [0.05, 0.1) is 17.5 Å². The second-order valence-corrected chi connectivity index (χ2v) is 5.86. The van der Waals surface area contributed by atoms with Crippen LogP contribution in [-0.2, 0) is 6.42 Å². The van der Waals surface area contributed by atoms with E-state index in [0.717, 1.165) is 40.9 Å². The Kier molecular flexibility index (Phi) is 2.81. The van der Waals surface area contributed by atoms with Gasteiger partial charge in [-0.3, -0.25) is 5.10 Å². The highest BCUT2D eigenvalue weighted by atomic mass is 32.1. The summed E-state index contributed by atoms with van der Waals surface area (Å²) in [4.78, 5) is 14.5. The third-order valence-electron chi connectivity index (χ3n) is 3.26. The standard InChI is InChI=1S/C13H13N7S/c1-7-2-4-15-12(17-7)19-13-18-10-8-6-16-20-11(8)14-5-3-9(10)21-13/h2,4,6H,3,5H2,1H3,(H2,14,16,20)(H,15,17,18,19). The molecule has 0 aromatic carbocycles. The van der Waals surface area contributed by atoms with E-state index in [0.29, 0.717) is 5.95 Å². The minimum absolute atomic E-state index is 0.574. The van der Waals surface area contributed by atoms with Crippen LogP contribution in [0, 0.1) is 6.92 Å². The van der Waals surface area contributed by atoms with Gasteiger partial charge in [0, 0.05) is 29.7 Å². The molecule has 0 saturated heterocycles. The van der Waals surface area contributed by atoms with Crippen LogP contribution in [0.15, 0.2) is 18.5 Å². The van der Waals surface area contributed by atoms with Gasteiger partial charge in [-0.2, -0.15) is 5.10 Å². The predicted molar refractivity (Wildman–Crippen MR) is 81.9 cm³/mol. The van der Waals surface area contributed by atoms with E-state index in [1.165, 1.54) is 4.88 Å². The van der Waals surface area contributed by atoms with Gasteiger partial charge in [0.15, 0.2) is 5.13 Å². The van der Waals surface area contributed by atoms with E-state index >= 15 is 0 Å². The first-order valence-electron chi connectivity index (χ1n) is 6.63. The molecule has 0 amide bonds. The number of aromatic nitrogens is 5. The molecule has 106 valence electrons. The van der Waals surface area contributed by atoms with Gasteiger partial charge in [-0.15, -0.1) is 11.3 Å². The third-order valence-corrected chi connectivity index (χ3v) is 4.29. The topological polar surface area (TPSA) is 91.4 Å². The molecule has 1 aliphatic rings. The summed E-state index contributed by atoms with van der Waals surface area (Å²) in [5, 5.41) is 14.3. The number of aromatic amines is 1. The summed E-state index contributed by atoms with van der Waals surface area (Å²) in [7, 11) is 0. The Bertz CT molecular complexity index is 791. The molecule has 0 bridgehead atoms. The van der Waals surface area contributed by atoms with E-state index in [2.05, 4.69) is 35.8 Å². The number of nitrogens with zero attached hydrogens (tertiary/aromatic N) is 4. The Morgan fingerprint density at radius 2 is 2.29 bits per heavy atom. The van der Waals surface area contributed by atoms with E-state index in [4.69, 9.17) is 0 Å². The number of rotatable bonds is 2. The monoisotopic (exact) mass is 299 g/mol. The fourth-order valence-corrected chi connectivity index (χ4v) is 3.26. The Morgan fingerprint density at radius 3 is 3.19 bits per heavy atom. The zero-order valence-electron chi connectivity index (χ0n) is 11.3. The lowest BCUT2D eigenvalue weighted by atomic mass is 10.2. The first kappa shape index (κ1) is 12.3. The molecule has 0 atom stereocenters. The molecule has 7 nitrogen and oxygen atoms in total. The van der Waals surface area contributed by atoms with Gasteiger partial charge in [0.25, 0.3) is 0 Å². The predicted octanol–water partition coefficient (Wildman–Crippen LogP) is 2.34. The molecule has 21 heavy (non-hydrogen) atoms. The first-order chi connectivity index (χ1) is 10.3. The average molecular weight is 299 g/mol. The van der Waals surface area contributed by atoms with E-state index in [9.17, 15) is 0 Å². The molecule has 0 radical (unpaired) electrons. The van der Waals surface area contributed by atoms with Gasteiger partial charge >= 0.3 is 0 Å². The number of hydrogen-bond donors (Lipinski definition) is 3. The average Bonchev–Trinajstić information content (AvgIpc) is 3.03. The lowest BCUT2D eigenvalue weighted by Crippen LogP contribution is -2.02. The van der Waals surface area contributed by atoms with Crippen LogP contribution in [0.3, 0.4) is 0 Å². The van der Waals surface area contributed by atoms with Gasteiger partial charge < -0.3 is 10.6 Å². The van der Waals surface area contributed by atoms with Crippen molar-refractivity contribution < 1.29 is 0 Å². The second-order valence-electron chi connectivity index (χ2n) is 4.77. The van der Waals surface area contributed by atoms with Crippen LogP contribution >= 0.6 is 11.3 Å². The van der Waals surface area contributed by atoms with Crippen LogP contribution in [0.4, 0.5) is 16.9 Å². The normalized spacial score (nSPS) is 13.0. The summed E-state index contributed by atoms with van der Waals surface area (Å²) in [6.45, 7) is 2.80. The molecule has 0 fully saturated rings. The molecule has 4 heterocycles. The molecule has 1 aliphatic heterocycles. The van der Waals surface area contributed by atoms with Gasteiger partial charge in [-0.1, -0.05) is 0 Å². The number of aryl methyl sites for hydroxylation is 1. The van der Waals surface area contributed by atoms with Crippen molar-refractivity contribution in [1.29, 1.82) is 0 Å². The van der Waals surface area contributed by atoms with Crippen LogP contribution in [0.2, 0.25) is 0 Å². The summed E-state index contributed by atoms with van der Waals surface area (Å²) in [5.74, 6) is 1.50. The molecular formula is C13H13N7S. The van der Waals surface area contributed by atoms with Crippen molar-refractivity contribution in [3.8, 4) is 11.3 Å². The smallest absolute Gasteiger partial charge is 0.229 e. The Morgan fingerprint density at radius 1 is 1.33 bits per heavy atom. The summed E-state index contributed by atoms with van der Waals surface area (Å²) in [6, 6.07) is 1.87. The van der Waals surface area contributed by atoms with E-state index < -0.39 is 0 Å². The van der Waals surface area contributed by atoms with E-state index in [1.54, 1.807) is 23.7 Å². The number of fused-ring (bicyclic) bond motifs is 3. The number of hydrogen-bond acceptors (Lipinski definition) is 7. The van der Waals surface area contributed by atoms with Crippen LogP contribution in [0.1, 0.15) is 10.6 Å². The third kappa shape index (κ3) is 2.23. The van der Waals surface area contributed by atoms with Crippen molar-refractivity contribution in [2.75, 3.05) is 17.2 Å². The lowest BCUT2D eigenvalue weighted by molar-refractivity contribution is 1.01. The van der Waals surface area contributed by atoms with Crippen LogP contribution in [0.5, 0.6) is 0 Å². The molecule has 3 aromatic rings. The minimum Gasteiger partial charge on any atom is -0.370 e. The highest BCUT2D eigenvalue weighted by Crippen LogP contribution is 2.37. The van der Waals surface area contributed by atoms with Crippen molar-refractivity contribution in [3.05, 3.63) is 29.0 Å². The van der Waals surface area contributed by atoms with Crippen molar-refractivity contribution in [2.24, 2.45) is 0 Å². The number of nitrogens with one attached hydrogen (secondary N) is 3. The van der Waals surface area contributed by atoms with Crippen LogP contribution in [0.25, 0.3) is 11.3 Å². The van der Waals surface area contributed by atoms with Gasteiger partial charge in [0.2, 0.25) is 5.95 Å². The quantitative estimate of drug-likeness (QED) is 0.673. The molecule has 0 spiro atoms. The SMILES string of the molecule is Cc1ccnc(Nc2nc3c(s2)CCNc2[nH]ncc2-3)n1. The molecule has 0 aliphatic carbocycles. The largest absolute Gasteiger partial charge is 0.370 e. The summed E-state index contributed by atoms with van der Waals surface area (Å²) in [5.41, 5.74) is 2.91. The molecule has 3 aromatic heterocycles. The fourth-order valence-electron chi connectivity index (χ4n) is 2.29. The summed E-state index contributed by atoms with van der Waals surface area (Å²) >= 11 is 1.63. The lowest BCUT2D eigenvalue weighted by Gasteiger charge is -2.01. The summed E-state index contributed by atoms with van der Waals surface area (Å²) in [6.07, 6.45) is 4.48. The molecule has 3 N–H and O–H groups in total. The Balaban J connectivity index is 1.70. The van der Waals surface area contributed by atoms with Crippen LogP contribution in [-0.4, -0.2) is 31.7 Å². The molecule has 0 unspecified atom stereocenters. The maximum Gasteiger partial charge on any atom is 0.229 e. The van der Waals surface area contributed by atoms with Gasteiger partial charge in [-0.05, 0) is 13.0 Å². The molecule has 8 heteroatoms. The molecular weight excluding hydrogens is 286 g/mol. The second kappa shape index (κ2) is 4.81. The van der Waals surface area contributed by atoms with Crippen LogP contribution < -0.4 is 10.6 Å². The maximum absolute atomic E-state index is 4.68. The van der Waals surface area contributed by atoms with Crippen molar-refractivity contribution in [3.63, 3.8) is 0 Å². The molecule has 4 rings (SSSR count). The van der Waals surface area contributed by atoms with E-state index in [-0.39, 0.29) is 0 Å². The maximum atomic E-state index is 4.68. The zero-order chi connectivity index (χ0) is 14.2. The van der Waals surface area contributed by atoms with Crippen molar-refractivity contribution >= 4 is 28.2 Å². The first-order valence-corrected chi connectivity index (χ1v) is 7.45. The molecule has 0 saturated carbocycles. The Hall–Kier alpha value is -2.48.